The Labute approximate surface area is 138 Å². The average Bonchev–Trinajstić information content (AvgIpc) is 2.47. The number of pyridine rings is 1. The first-order chi connectivity index (χ1) is 10.6. The summed E-state index contributed by atoms with van der Waals surface area (Å²) in [6, 6.07) is 10.9. The summed E-state index contributed by atoms with van der Waals surface area (Å²) in [5.74, 6) is -0.351. The van der Waals surface area contributed by atoms with Gasteiger partial charge in [0.05, 0.1) is 12.2 Å². The first-order valence-electron chi connectivity index (χ1n) is 6.56. The summed E-state index contributed by atoms with van der Waals surface area (Å²) in [6.07, 6.45) is 1.59. The second-order valence-electron chi connectivity index (χ2n) is 4.22. The molecule has 3 N–H and O–H groups in total. The van der Waals surface area contributed by atoms with Crippen molar-refractivity contribution in [3.8, 4) is 0 Å². The second kappa shape index (κ2) is 7.77. The number of thiocarbonyl (C=S) groups is 1. The van der Waals surface area contributed by atoms with Crippen LogP contribution in [0.1, 0.15) is 17.3 Å². The van der Waals surface area contributed by atoms with Crippen molar-refractivity contribution in [2.45, 2.75) is 16.8 Å². The molecule has 22 heavy (non-hydrogen) atoms. The highest BCUT2D eigenvalue weighted by molar-refractivity contribution is 7.99. The van der Waals surface area contributed by atoms with Crippen LogP contribution in [0.5, 0.6) is 0 Å². The van der Waals surface area contributed by atoms with Gasteiger partial charge in [0.25, 0.3) is 0 Å². The minimum absolute atomic E-state index is 0.213. The number of hydrogen-bond donors (Lipinski definition) is 2. The van der Waals surface area contributed by atoms with Crippen LogP contribution in [0.15, 0.2) is 52.5 Å². The summed E-state index contributed by atoms with van der Waals surface area (Å²) in [5.41, 5.74) is 6.75. The van der Waals surface area contributed by atoms with Crippen molar-refractivity contribution in [3.05, 3.63) is 48.2 Å². The molecule has 0 amide bonds. The topological polar surface area (TPSA) is 77.2 Å². The number of nitrogens with two attached hydrogens (primary N) is 1. The van der Waals surface area contributed by atoms with Gasteiger partial charge in [0, 0.05) is 16.8 Å². The first-order valence-corrected chi connectivity index (χ1v) is 7.78. The van der Waals surface area contributed by atoms with Crippen LogP contribution in [0.3, 0.4) is 0 Å². The monoisotopic (exact) mass is 333 g/mol. The number of nitrogens with zero attached hydrogens (tertiary/aromatic N) is 1. The summed E-state index contributed by atoms with van der Waals surface area (Å²) in [6.45, 7) is 2.12. The number of carbonyl (C=O) groups excluding carboxylic acids is 1. The van der Waals surface area contributed by atoms with Crippen molar-refractivity contribution in [3.63, 3.8) is 0 Å². The van der Waals surface area contributed by atoms with E-state index in [1.54, 1.807) is 25.3 Å². The third kappa shape index (κ3) is 4.71. The smallest absolute Gasteiger partial charge is 0.338 e. The highest BCUT2D eigenvalue weighted by atomic mass is 32.2. The number of ether oxygens (including phenoxy) is 1. The van der Waals surface area contributed by atoms with Gasteiger partial charge in [0.2, 0.25) is 0 Å². The second-order valence-corrected chi connectivity index (χ2v) is 5.76. The molecule has 0 aliphatic carbocycles. The lowest BCUT2D eigenvalue weighted by atomic mass is 10.3. The molecular formula is C15H15N3O2S2. The molecule has 7 heteroatoms. The Morgan fingerprint density at radius 3 is 2.95 bits per heavy atom. The fourth-order valence-electron chi connectivity index (χ4n) is 1.71. The van der Waals surface area contributed by atoms with Gasteiger partial charge in [-0.15, -0.1) is 0 Å². The molecule has 2 aromatic rings. The van der Waals surface area contributed by atoms with Crippen LogP contribution in [0.2, 0.25) is 0 Å². The molecule has 5 nitrogen and oxygen atoms in total. The Morgan fingerprint density at radius 2 is 2.23 bits per heavy atom. The summed E-state index contributed by atoms with van der Waals surface area (Å²) in [4.78, 5) is 16.9. The highest BCUT2D eigenvalue weighted by Gasteiger charge is 2.08. The molecule has 0 spiro atoms. The number of esters is 1. The van der Waals surface area contributed by atoms with E-state index in [-0.39, 0.29) is 11.1 Å². The number of hydrogen-bond acceptors (Lipinski definition) is 5. The van der Waals surface area contributed by atoms with Gasteiger partial charge in [-0.1, -0.05) is 17.8 Å². The van der Waals surface area contributed by atoms with Crippen molar-refractivity contribution in [2.24, 2.45) is 5.73 Å². The van der Waals surface area contributed by atoms with E-state index in [4.69, 9.17) is 22.7 Å². The number of benzene rings is 1. The van der Waals surface area contributed by atoms with E-state index >= 15 is 0 Å². The molecule has 0 fully saturated rings. The van der Waals surface area contributed by atoms with E-state index in [0.717, 1.165) is 10.6 Å². The van der Waals surface area contributed by atoms with E-state index in [1.807, 2.05) is 24.3 Å². The molecule has 0 radical (unpaired) electrons. The molecule has 0 bridgehead atoms. The van der Waals surface area contributed by atoms with Crippen LogP contribution < -0.4 is 11.1 Å². The zero-order valence-electron chi connectivity index (χ0n) is 11.9. The van der Waals surface area contributed by atoms with Gasteiger partial charge in [0.1, 0.15) is 5.03 Å². The van der Waals surface area contributed by atoms with Crippen molar-refractivity contribution < 1.29 is 9.53 Å². The van der Waals surface area contributed by atoms with Crippen LogP contribution in [0.4, 0.5) is 5.69 Å². The van der Waals surface area contributed by atoms with Crippen LogP contribution in [-0.2, 0) is 4.74 Å². The molecule has 0 atom stereocenters. The molecular weight excluding hydrogens is 318 g/mol. The highest BCUT2D eigenvalue weighted by Crippen LogP contribution is 2.28. The van der Waals surface area contributed by atoms with E-state index in [9.17, 15) is 4.79 Å². The maximum atomic E-state index is 11.7. The summed E-state index contributed by atoms with van der Waals surface area (Å²) in [5, 5.41) is 3.80. The number of aromatic nitrogens is 1. The third-order valence-electron chi connectivity index (χ3n) is 2.57. The number of anilines is 1. The van der Waals surface area contributed by atoms with E-state index < -0.39 is 0 Å². The summed E-state index contributed by atoms with van der Waals surface area (Å²) >= 11 is 6.25. The predicted octanol–water partition coefficient (Wildman–Crippen LogP) is 3.07. The van der Waals surface area contributed by atoms with Crippen LogP contribution >= 0.6 is 24.0 Å². The molecule has 114 valence electrons. The van der Waals surface area contributed by atoms with Gasteiger partial charge >= 0.3 is 5.97 Å². The quantitative estimate of drug-likeness (QED) is 0.643. The SMILES string of the molecule is CCOC(=O)c1ccnc(Sc2cccc(NC(N)=S)c2)c1. The number of nitrogens with one attached hydrogen (secondary N) is 1. The van der Waals surface area contributed by atoms with Crippen molar-refractivity contribution >= 4 is 40.7 Å². The lowest BCUT2D eigenvalue weighted by Gasteiger charge is -2.07. The normalized spacial score (nSPS) is 10.0. The summed E-state index contributed by atoms with van der Waals surface area (Å²) in [7, 11) is 0. The third-order valence-corrected chi connectivity index (χ3v) is 3.59. The largest absolute Gasteiger partial charge is 0.462 e. The lowest BCUT2D eigenvalue weighted by molar-refractivity contribution is 0.0526. The fraction of sp³-hybridized carbons (Fsp3) is 0.133. The van der Waals surface area contributed by atoms with Crippen molar-refractivity contribution in [1.82, 2.24) is 4.98 Å². The van der Waals surface area contributed by atoms with E-state index in [0.29, 0.717) is 17.2 Å². The van der Waals surface area contributed by atoms with E-state index in [2.05, 4.69) is 10.3 Å². The maximum absolute atomic E-state index is 11.7. The minimum Gasteiger partial charge on any atom is -0.462 e. The van der Waals surface area contributed by atoms with Gasteiger partial charge in [0.15, 0.2) is 5.11 Å². The first kappa shape index (κ1) is 16.3. The molecule has 1 heterocycles. The van der Waals surface area contributed by atoms with Crippen molar-refractivity contribution in [2.75, 3.05) is 11.9 Å². The Kier molecular flexibility index (Phi) is 5.74. The molecule has 0 aliphatic heterocycles. The molecule has 0 unspecified atom stereocenters. The zero-order valence-corrected chi connectivity index (χ0v) is 13.5. The zero-order chi connectivity index (χ0) is 15.9. The molecule has 0 saturated heterocycles. The standard InChI is InChI=1S/C15H15N3O2S2/c1-2-20-14(19)10-6-7-17-13(8-10)22-12-5-3-4-11(9-12)18-15(16)21/h3-9H,2H2,1H3,(H3,16,18,21). The minimum atomic E-state index is -0.351. The van der Waals surface area contributed by atoms with Crippen LogP contribution in [0.25, 0.3) is 0 Å². The van der Waals surface area contributed by atoms with Crippen molar-refractivity contribution in [1.29, 1.82) is 0 Å². The Morgan fingerprint density at radius 1 is 1.41 bits per heavy atom. The van der Waals surface area contributed by atoms with Gasteiger partial charge in [-0.2, -0.15) is 0 Å². The number of rotatable bonds is 5. The maximum Gasteiger partial charge on any atom is 0.338 e. The fourth-order valence-corrected chi connectivity index (χ4v) is 2.70. The number of carbonyl (C=O) groups is 1. The lowest BCUT2D eigenvalue weighted by Crippen LogP contribution is -2.18. The van der Waals surface area contributed by atoms with E-state index in [1.165, 1.54) is 11.8 Å². The molecule has 0 saturated carbocycles. The molecule has 1 aromatic carbocycles. The Bertz CT molecular complexity index is 692. The van der Waals surface area contributed by atoms with Crippen LogP contribution in [0, 0.1) is 0 Å². The molecule has 2 rings (SSSR count). The van der Waals surface area contributed by atoms with Gasteiger partial charge in [-0.3, -0.25) is 0 Å². The Balaban J connectivity index is 2.15. The summed E-state index contributed by atoms with van der Waals surface area (Å²) < 4.78 is 4.98. The van der Waals surface area contributed by atoms with Crippen LogP contribution in [-0.4, -0.2) is 22.7 Å². The predicted molar refractivity (Wildman–Crippen MR) is 91.2 cm³/mol. The Hall–Kier alpha value is -2.12. The molecule has 0 aliphatic rings. The molecule has 1 aromatic heterocycles. The average molecular weight is 333 g/mol. The van der Waals surface area contributed by atoms with Gasteiger partial charge in [-0.25, -0.2) is 9.78 Å². The van der Waals surface area contributed by atoms with Gasteiger partial charge in [-0.05, 0) is 49.5 Å². The van der Waals surface area contributed by atoms with Gasteiger partial charge < -0.3 is 15.8 Å².